The summed E-state index contributed by atoms with van der Waals surface area (Å²) < 4.78 is 15.9. The van der Waals surface area contributed by atoms with Crippen LogP contribution < -0.4 is 5.32 Å². The van der Waals surface area contributed by atoms with E-state index in [0.717, 1.165) is 32.3 Å². The van der Waals surface area contributed by atoms with Gasteiger partial charge in [-0.25, -0.2) is 4.98 Å². The van der Waals surface area contributed by atoms with Crippen molar-refractivity contribution in [3.8, 4) is 0 Å². The number of oxazole rings is 1. The standard InChI is InChI=1S/C14H16N4O4/c19-13(11-12(8-3-4-8)21-7-16-11)15-6-10-17-14(22-18-10)9-2-1-5-20-9/h7-9H,1-6H2,(H,15,19)/t9-/m0/s1. The quantitative estimate of drug-likeness (QED) is 0.896. The van der Waals surface area contributed by atoms with E-state index in [0.29, 0.717) is 29.1 Å². The fourth-order valence-electron chi connectivity index (χ4n) is 2.55. The number of nitrogens with one attached hydrogen (secondary N) is 1. The van der Waals surface area contributed by atoms with Crippen molar-refractivity contribution in [1.82, 2.24) is 20.4 Å². The van der Waals surface area contributed by atoms with Gasteiger partial charge < -0.3 is 19.0 Å². The van der Waals surface area contributed by atoms with Crippen LogP contribution in [0.2, 0.25) is 0 Å². The zero-order valence-electron chi connectivity index (χ0n) is 11.9. The SMILES string of the molecule is O=C(NCc1noc([C@@H]2CCCO2)n1)c1ncoc1C1CC1. The molecule has 4 rings (SSSR count). The lowest BCUT2D eigenvalue weighted by atomic mass is 10.2. The van der Waals surface area contributed by atoms with Crippen molar-refractivity contribution >= 4 is 5.91 Å². The highest BCUT2D eigenvalue weighted by Gasteiger charge is 2.32. The molecule has 2 aromatic heterocycles. The summed E-state index contributed by atoms with van der Waals surface area (Å²) in [6.07, 6.45) is 5.17. The third kappa shape index (κ3) is 2.61. The molecule has 3 heterocycles. The number of nitrogens with zero attached hydrogens (tertiary/aromatic N) is 3. The molecule has 1 aliphatic carbocycles. The maximum atomic E-state index is 12.2. The normalized spacial score (nSPS) is 21.2. The van der Waals surface area contributed by atoms with E-state index in [4.69, 9.17) is 13.7 Å². The van der Waals surface area contributed by atoms with Crippen molar-refractivity contribution < 1.29 is 18.5 Å². The Morgan fingerprint density at radius 3 is 3.05 bits per heavy atom. The lowest BCUT2D eigenvalue weighted by Gasteiger charge is -2.01. The summed E-state index contributed by atoms with van der Waals surface area (Å²) >= 11 is 0. The van der Waals surface area contributed by atoms with Gasteiger partial charge in [0.15, 0.2) is 17.9 Å². The summed E-state index contributed by atoms with van der Waals surface area (Å²) in [5.41, 5.74) is 0.352. The Kier molecular flexibility index (Phi) is 3.38. The van der Waals surface area contributed by atoms with E-state index in [-0.39, 0.29) is 18.6 Å². The minimum absolute atomic E-state index is 0.117. The van der Waals surface area contributed by atoms with Crippen LogP contribution in [-0.2, 0) is 11.3 Å². The Morgan fingerprint density at radius 2 is 2.27 bits per heavy atom. The molecule has 1 atom stereocenters. The van der Waals surface area contributed by atoms with Gasteiger partial charge in [-0.05, 0) is 25.7 Å². The van der Waals surface area contributed by atoms with Crippen molar-refractivity contribution in [2.24, 2.45) is 0 Å². The smallest absolute Gasteiger partial charge is 0.273 e. The molecule has 0 aromatic carbocycles. The van der Waals surface area contributed by atoms with Crippen molar-refractivity contribution in [3.63, 3.8) is 0 Å². The molecule has 2 aromatic rings. The lowest BCUT2D eigenvalue weighted by Crippen LogP contribution is -2.24. The summed E-state index contributed by atoms with van der Waals surface area (Å²) in [4.78, 5) is 20.4. The topological polar surface area (TPSA) is 103 Å². The molecule has 1 saturated carbocycles. The van der Waals surface area contributed by atoms with Crippen LogP contribution in [0.15, 0.2) is 15.3 Å². The number of rotatable bonds is 5. The highest BCUT2D eigenvalue weighted by molar-refractivity contribution is 5.93. The molecule has 8 heteroatoms. The monoisotopic (exact) mass is 304 g/mol. The molecule has 22 heavy (non-hydrogen) atoms. The zero-order chi connectivity index (χ0) is 14.9. The minimum atomic E-state index is -0.279. The molecule has 0 radical (unpaired) electrons. The Labute approximate surface area is 126 Å². The Balaban J connectivity index is 1.37. The summed E-state index contributed by atoms with van der Waals surface area (Å²) in [6, 6.07) is 0. The van der Waals surface area contributed by atoms with Gasteiger partial charge in [-0.3, -0.25) is 4.79 Å². The van der Waals surface area contributed by atoms with Crippen LogP contribution in [0.5, 0.6) is 0 Å². The summed E-state index contributed by atoms with van der Waals surface area (Å²) in [7, 11) is 0. The van der Waals surface area contributed by atoms with Crippen molar-refractivity contribution in [2.75, 3.05) is 6.61 Å². The average molecular weight is 304 g/mol. The number of hydrogen-bond donors (Lipinski definition) is 1. The minimum Gasteiger partial charge on any atom is -0.447 e. The van der Waals surface area contributed by atoms with E-state index < -0.39 is 0 Å². The van der Waals surface area contributed by atoms with Crippen molar-refractivity contribution in [1.29, 1.82) is 0 Å². The first kappa shape index (κ1) is 13.4. The average Bonchev–Trinajstić information content (AvgIpc) is 3.02. The van der Waals surface area contributed by atoms with Crippen LogP contribution >= 0.6 is 0 Å². The summed E-state index contributed by atoms with van der Waals surface area (Å²) in [5.74, 6) is 1.63. The molecule has 0 bridgehead atoms. The second-order valence-electron chi connectivity index (χ2n) is 5.57. The predicted octanol–water partition coefficient (Wildman–Crippen LogP) is 1.72. The zero-order valence-corrected chi connectivity index (χ0v) is 11.9. The van der Waals surface area contributed by atoms with Crippen molar-refractivity contribution in [2.45, 2.75) is 44.2 Å². The molecule has 0 unspecified atom stereocenters. The summed E-state index contributed by atoms with van der Waals surface area (Å²) in [6.45, 7) is 0.904. The van der Waals surface area contributed by atoms with Crippen LogP contribution in [-0.4, -0.2) is 27.6 Å². The van der Waals surface area contributed by atoms with E-state index >= 15 is 0 Å². The fourth-order valence-corrected chi connectivity index (χ4v) is 2.55. The van der Waals surface area contributed by atoms with Gasteiger partial charge in [0, 0.05) is 12.5 Å². The summed E-state index contributed by atoms with van der Waals surface area (Å²) in [5, 5.41) is 6.60. The maximum Gasteiger partial charge on any atom is 0.273 e. The van der Waals surface area contributed by atoms with Crippen molar-refractivity contribution in [3.05, 3.63) is 29.6 Å². The third-order valence-corrected chi connectivity index (χ3v) is 3.85. The first-order chi connectivity index (χ1) is 10.8. The van der Waals surface area contributed by atoms with Crippen LogP contribution in [0.25, 0.3) is 0 Å². The Hall–Kier alpha value is -2.22. The highest BCUT2D eigenvalue weighted by Crippen LogP contribution is 2.41. The van der Waals surface area contributed by atoms with E-state index in [1.807, 2.05) is 0 Å². The molecule has 1 aliphatic heterocycles. The molecule has 8 nitrogen and oxygen atoms in total. The second kappa shape index (κ2) is 5.53. The van der Waals surface area contributed by atoms with E-state index in [9.17, 15) is 4.79 Å². The largest absolute Gasteiger partial charge is 0.447 e. The molecular formula is C14H16N4O4. The third-order valence-electron chi connectivity index (χ3n) is 3.85. The second-order valence-corrected chi connectivity index (χ2v) is 5.57. The van der Waals surface area contributed by atoms with Gasteiger partial charge in [0.2, 0.25) is 0 Å². The van der Waals surface area contributed by atoms with Gasteiger partial charge in [0.1, 0.15) is 11.9 Å². The molecule has 116 valence electrons. The molecule has 1 amide bonds. The Bertz CT molecular complexity index is 670. The van der Waals surface area contributed by atoms with Gasteiger partial charge in [0.05, 0.1) is 6.54 Å². The number of carbonyl (C=O) groups is 1. The Morgan fingerprint density at radius 1 is 1.36 bits per heavy atom. The molecule has 2 fully saturated rings. The highest BCUT2D eigenvalue weighted by atomic mass is 16.5. The number of ether oxygens (including phenoxy) is 1. The molecule has 1 saturated heterocycles. The van der Waals surface area contributed by atoms with E-state index in [1.165, 1.54) is 6.39 Å². The number of aromatic nitrogens is 3. The van der Waals surface area contributed by atoms with E-state index in [2.05, 4.69) is 20.4 Å². The maximum absolute atomic E-state index is 12.2. The van der Waals surface area contributed by atoms with Crippen LogP contribution in [0.3, 0.4) is 0 Å². The molecule has 1 N–H and O–H groups in total. The number of amides is 1. The molecule has 2 aliphatic rings. The van der Waals surface area contributed by atoms with Crippen LogP contribution in [0.1, 0.15) is 65.7 Å². The predicted molar refractivity (Wildman–Crippen MR) is 71.9 cm³/mol. The van der Waals surface area contributed by atoms with E-state index in [1.54, 1.807) is 0 Å². The van der Waals surface area contributed by atoms with Gasteiger partial charge in [-0.2, -0.15) is 4.98 Å². The first-order valence-corrected chi connectivity index (χ1v) is 7.47. The fraction of sp³-hybridized carbons (Fsp3) is 0.571. The van der Waals surface area contributed by atoms with Crippen LogP contribution in [0.4, 0.5) is 0 Å². The first-order valence-electron chi connectivity index (χ1n) is 7.47. The van der Waals surface area contributed by atoms with Crippen LogP contribution in [0, 0.1) is 0 Å². The molecule has 0 spiro atoms. The lowest BCUT2D eigenvalue weighted by molar-refractivity contribution is 0.0835. The van der Waals surface area contributed by atoms with Gasteiger partial charge in [-0.1, -0.05) is 5.16 Å². The molecular weight excluding hydrogens is 288 g/mol. The van der Waals surface area contributed by atoms with Gasteiger partial charge >= 0.3 is 0 Å². The number of hydrogen-bond acceptors (Lipinski definition) is 7. The number of carbonyl (C=O) groups excluding carboxylic acids is 1. The van der Waals surface area contributed by atoms with Gasteiger partial charge in [0.25, 0.3) is 11.8 Å². The van der Waals surface area contributed by atoms with Gasteiger partial charge in [-0.15, -0.1) is 0 Å².